The first-order valence-corrected chi connectivity index (χ1v) is 11.0. The lowest BCUT2D eigenvalue weighted by Crippen LogP contribution is -2.13. The molecule has 3 rings (SSSR count). The molecule has 2 N–H and O–H groups in total. The van der Waals surface area contributed by atoms with E-state index in [0.29, 0.717) is 22.5 Å². The second kappa shape index (κ2) is 9.40. The van der Waals surface area contributed by atoms with Gasteiger partial charge in [0.15, 0.2) is 11.6 Å². The van der Waals surface area contributed by atoms with Gasteiger partial charge in [-0.25, -0.2) is 8.42 Å². The van der Waals surface area contributed by atoms with E-state index in [-0.39, 0.29) is 16.5 Å². The molecule has 158 valence electrons. The third-order valence-electron chi connectivity index (χ3n) is 4.51. The lowest BCUT2D eigenvalue weighted by atomic mass is 10.1. The number of hydrogen-bond acceptors (Lipinski definition) is 5. The average molecular weight is 435 g/mol. The van der Waals surface area contributed by atoms with E-state index in [1.54, 1.807) is 42.5 Å². The minimum Gasteiger partial charge on any atom is -0.362 e. The third-order valence-corrected chi connectivity index (χ3v) is 5.90. The van der Waals surface area contributed by atoms with Gasteiger partial charge in [-0.3, -0.25) is 14.3 Å². The summed E-state index contributed by atoms with van der Waals surface area (Å²) in [6.45, 7) is 3.37. The quantitative estimate of drug-likeness (QED) is 0.392. The first kappa shape index (κ1) is 22.0. The molecule has 0 aromatic heterocycles. The highest BCUT2D eigenvalue weighted by molar-refractivity contribution is 7.92. The first-order valence-electron chi connectivity index (χ1n) is 9.52. The standard InChI is InChI=1S/C24H22N2O4S/c1-17-6-8-19(9-7-17)24(28)14-15-25-21-10-12-23(13-11-21)31(29,30)26-22-5-3-4-20(16-22)18(2)27/h3-16,25-26H,1-2H3/b15-14+. The number of rotatable bonds is 8. The van der Waals surface area contributed by atoms with E-state index in [0.717, 1.165) is 5.56 Å². The summed E-state index contributed by atoms with van der Waals surface area (Å²) in [4.78, 5) is 23.7. The van der Waals surface area contributed by atoms with Crippen molar-refractivity contribution in [3.8, 4) is 0 Å². The number of ketones is 2. The Morgan fingerprint density at radius 2 is 1.52 bits per heavy atom. The molecule has 0 fully saturated rings. The number of carbonyl (C=O) groups excluding carboxylic acids is 2. The smallest absolute Gasteiger partial charge is 0.261 e. The van der Waals surface area contributed by atoms with Crippen LogP contribution in [-0.2, 0) is 10.0 Å². The number of aryl methyl sites for hydroxylation is 1. The molecule has 0 heterocycles. The van der Waals surface area contributed by atoms with Crippen LogP contribution in [0.5, 0.6) is 0 Å². The summed E-state index contributed by atoms with van der Waals surface area (Å²) in [5, 5.41) is 2.95. The molecule has 7 heteroatoms. The molecule has 0 saturated carbocycles. The van der Waals surface area contributed by atoms with Crippen molar-refractivity contribution in [3.05, 3.63) is 102 Å². The Kier molecular flexibility index (Phi) is 6.67. The van der Waals surface area contributed by atoms with Crippen molar-refractivity contribution in [2.24, 2.45) is 0 Å². The van der Waals surface area contributed by atoms with Crippen LogP contribution < -0.4 is 10.0 Å². The van der Waals surface area contributed by atoms with Gasteiger partial charge in [0.2, 0.25) is 0 Å². The van der Waals surface area contributed by atoms with Crippen LogP contribution in [0.25, 0.3) is 0 Å². The molecular weight excluding hydrogens is 412 g/mol. The maximum absolute atomic E-state index is 12.6. The highest BCUT2D eigenvalue weighted by atomic mass is 32.2. The number of sulfonamides is 1. The van der Waals surface area contributed by atoms with Crippen LogP contribution in [0, 0.1) is 6.92 Å². The zero-order valence-electron chi connectivity index (χ0n) is 17.1. The molecule has 0 unspecified atom stereocenters. The minimum atomic E-state index is -3.81. The van der Waals surface area contributed by atoms with E-state index in [1.165, 1.54) is 37.4 Å². The molecule has 0 radical (unpaired) electrons. The average Bonchev–Trinajstić information content (AvgIpc) is 2.74. The maximum Gasteiger partial charge on any atom is 0.261 e. The molecule has 0 aliphatic rings. The molecule has 31 heavy (non-hydrogen) atoms. The van der Waals surface area contributed by atoms with E-state index in [1.807, 2.05) is 19.1 Å². The molecule has 0 aliphatic heterocycles. The third kappa shape index (κ3) is 5.90. The van der Waals surface area contributed by atoms with Crippen molar-refractivity contribution in [1.29, 1.82) is 0 Å². The zero-order chi connectivity index (χ0) is 22.4. The molecule has 0 atom stereocenters. The molecule has 0 saturated heterocycles. The summed E-state index contributed by atoms with van der Waals surface area (Å²) in [6.07, 6.45) is 2.93. The Morgan fingerprint density at radius 3 is 2.16 bits per heavy atom. The molecule has 0 bridgehead atoms. The van der Waals surface area contributed by atoms with Crippen LogP contribution in [0.1, 0.15) is 33.2 Å². The van der Waals surface area contributed by atoms with Gasteiger partial charge in [0.1, 0.15) is 0 Å². The summed E-state index contributed by atoms with van der Waals surface area (Å²) in [6, 6.07) is 19.7. The monoisotopic (exact) mass is 434 g/mol. The van der Waals surface area contributed by atoms with Gasteiger partial charge in [-0.1, -0.05) is 42.0 Å². The second-order valence-corrected chi connectivity index (χ2v) is 8.66. The number of hydrogen-bond donors (Lipinski definition) is 2. The summed E-state index contributed by atoms with van der Waals surface area (Å²) < 4.78 is 27.7. The van der Waals surface area contributed by atoms with Gasteiger partial charge in [-0.05, 0) is 50.2 Å². The van der Waals surface area contributed by atoms with E-state index < -0.39 is 10.0 Å². The normalized spacial score (nSPS) is 11.3. The van der Waals surface area contributed by atoms with Crippen molar-refractivity contribution in [2.75, 3.05) is 10.0 Å². The molecule has 0 amide bonds. The van der Waals surface area contributed by atoms with Gasteiger partial charge in [0, 0.05) is 34.8 Å². The van der Waals surface area contributed by atoms with Gasteiger partial charge in [0.25, 0.3) is 10.0 Å². The fourth-order valence-electron chi connectivity index (χ4n) is 2.77. The summed E-state index contributed by atoms with van der Waals surface area (Å²) in [7, 11) is -3.81. The predicted molar refractivity (Wildman–Crippen MR) is 122 cm³/mol. The number of nitrogens with one attached hydrogen (secondary N) is 2. The fraction of sp³-hybridized carbons (Fsp3) is 0.0833. The number of allylic oxidation sites excluding steroid dienone is 1. The molecule has 6 nitrogen and oxygen atoms in total. The molecular formula is C24H22N2O4S. The Hall–Kier alpha value is -3.71. The van der Waals surface area contributed by atoms with Crippen LogP contribution in [-0.4, -0.2) is 20.0 Å². The van der Waals surface area contributed by atoms with Crippen molar-refractivity contribution >= 4 is 33.0 Å². The fourth-order valence-corrected chi connectivity index (χ4v) is 3.82. The van der Waals surface area contributed by atoms with Crippen LogP contribution in [0.2, 0.25) is 0 Å². The summed E-state index contributed by atoms with van der Waals surface area (Å²) in [5.41, 5.74) is 3.03. The summed E-state index contributed by atoms with van der Waals surface area (Å²) in [5.74, 6) is -0.283. The van der Waals surface area contributed by atoms with Gasteiger partial charge in [0.05, 0.1) is 4.90 Å². The Balaban J connectivity index is 1.65. The van der Waals surface area contributed by atoms with Crippen LogP contribution in [0.4, 0.5) is 11.4 Å². The van der Waals surface area contributed by atoms with Crippen molar-refractivity contribution < 1.29 is 18.0 Å². The molecule has 0 aliphatic carbocycles. The lowest BCUT2D eigenvalue weighted by Gasteiger charge is -2.09. The summed E-state index contributed by atoms with van der Waals surface area (Å²) >= 11 is 0. The van der Waals surface area contributed by atoms with E-state index in [9.17, 15) is 18.0 Å². The predicted octanol–water partition coefficient (Wildman–Crippen LogP) is 4.81. The van der Waals surface area contributed by atoms with Crippen LogP contribution >= 0.6 is 0 Å². The van der Waals surface area contributed by atoms with Gasteiger partial charge < -0.3 is 5.32 Å². The number of carbonyl (C=O) groups is 2. The van der Waals surface area contributed by atoms with Crippen molar-refractivity contribution in [2.45, 2.75) is 18.7 Å². The van der Waals surface area contributed by atoms with E-state index in [4.69, 9.17) is 0 Å². The largest absolute Gasteiger partial charge is 0.362 e. The van der Waals surface area contributed by atoms with Crippen LogP contribution in [0.3, 0.4) is 0 Å². The van der Waals surface area contributed by atoms with Gasteiger partial charge in [-0.15, -0.1) is 0 Å². The highest BCUT2D eigenvalue weighted by Crippen LogP contribution is 2.19. The Bertz CT molecular complexity index is 1230. The van der Waals surface area contributed by atoms with E-state index in [2.05, 4.69) is 10.0 Å². The highest BCUT2D eigenvalue weighted by Gasteiger charge is 2.14. The maximum atomic E-state index is 12.6. The Labute approximate surface area is 181 Å². The number of Topliss-reactive ketones (excluding diaryl/α,β-unsaturated/α-hetero) is 1. The molecule has 3 aromatic carbocycles. The second-order valence-electron chi connectivity index (χ2n) is 6.97. The zero-order valence-corrected chi connectivity index (χ0v) is 17.9. The van der Waals surface area contributed by atoms with Gasteiger partial charge in [-0.2, -0.15) is 0 Å². The van der Waals surface area contributed by atoms with Crippen molar-refractivity contribution in [3.63, 3.8) is 0 Å². The minimum absolute atomic E-state index is 0.0750. The van der Waals surface area contributed by atoms with E-state index >= 15 is 0 Å². The Morgan fingerprint density at radius 1 is 0.839 bits per heavy atom. The molecule has 3 aromatic rings. The number of benzene rings is 3. The molecule has 0 spiro atoms. The number of anilines is 2. The van der Waals surface area contributed by atoms with Crippen molar-refractivity contribution in [1.82, 2.24) is 0 Å². The topological polar surface area (TPSA) is 92.3 Å². The first-order chi connectivity index (χ1) is 14.7. The van der Waals surface area contributed by atoms with Crippen LogP contribution in [0.15, 0.2) is 90.0 Å². The lowest BCUT2D eigenvalue weighted by molar-refractivity contribution is 0.101. The SMILES string of the molecule is CC(=O)c1cccc(NS(=O)(=O)c2ccc(N/C=C/C(=O)c3ccc(C)cc3)cc2)c1. The van der Waals surface area contributed by atoms with Gasteiger partial charge >= 0.3 is 0 Å².